The topological polar surface area (TPSA) is 71.1 Å². The SMILES string of the molecule is CCCCOCCOC(C)OC(=O)CCC(C)C1CCC2C3CCC4CC(OC(=O)C(C)(C)CC)CCC4(C)C3CCC12C. The summed E-state index contributed by atoms with van der Waals surface area (Å²) in [4.78, 5) is 25.5. The first-order chi connectivity index (χ1) is 20.9. The van der Waals surface area contributed by atoms with Crippen LogP contribution in [0.4, 0.5) is 0 Å². The lowest BCUT2D eigenvalue weighted by atomic mass is 9.44. The van der Waals surface area contributed by atoms with E-state index in [0.29, 0.717) is 48.2 Å². The van der Waals surface area contributed by atoms with Crippen LogP contribution in [0.2, 0.25) is 0 Å². The molecule has 0 aromatic heterocycles. The molecule has 0 bridgehead atoms. The zero-order valence-corrected chi connectivity index (χ0v) is 29.6. The highest BCUT2D eigenvalue weighted by atomic mass is 16.7. The van der Waals surface area contributed by atoms with Gasteiger partial charge in [-0.1, -0.05) is 41.0 Å². The van der Waals surface area contributed by atoms with Crippen LogP contribution in [-0.4, -0.2) is 44.2 Å². The summed E-state index contributed by atoms with van der Waals surface area (Å²) in [6.07, 6.45) is 15.1. The molecule has 0 saturated heterocycles. The average Bonchev–Trinajstić information content (AvgIpc) is 3.35. The smallest absolute Gasteiger partial charge is 0.311 e. The lowest BCUT2D eigenvalue weighted by molar-refractivity contribution is -0.177. The monoisotopic (exact) mass is 618 g/mol. The summed E-state index contributed by atoms with van der Waals surface area (Å²) in [6, 6.07) is 0. The van der Waals surface area contributed by atoms with E-state index in [1.807, 2.05) is 13.8 Å². The van der Waals surface area contributed by atoms with E-state index in [1.165, 1.54) is 44.9 Å². The Morgan fingerprint density at radius 3 is 2.34 bits per heavy atom. The van der Waals surface area contributed by atoms with E-state index >= 15 is 0 Å². The van der Waals surface area contributed by atoms with Crippen molar-refractivity contribution < 1.29 is 28.5 Å². The van der Waals surface area contributed by atoms with Crippen molar-refractivity contribution in [2.75, 3.05) is 19.8 Å². The van der Waals surface area contributed by atoms with Crippen molar-refractivity contribution in [1.29, 1.82) is 0 Å². The Hall–Kier alpha value is -1.14. The Bertz CT molecular complexity index is 948. The second-order valence-electron chi connectivity index (χ2n) is 16.3. The Balaban J connectivity index is 1.26. The molecule has 0 aliphatic heterocycles. The van der Waals surface area contributed by atoms with Gasteiger partial charge in [-0.25, -0.2) is 0 Å². The number of fused-ring (bicyclic) bond motifs is 5. The second kappa shape index (κ2) is 15.2. The number of esters is 2. The summed E-state index contributed by atoms with van der Waals surface area (Å²) < 4.78 is 22.8. The van der Waals surface area contributed by atoms with Gasteiger partial charge in [-0.2, -0.15) is 0 Å². The number of carbonyl (C=O) groups is 2. The molecule has 4 fully saturated rings. The maximum absolute atomic E-state index is 12.8. The molecule has 0 amide bonds. The van der Waals surface area contributed by atoms with Gasteiger partial charge in [-0.3, -0.25) is 9.59 Å². The fraction of sp³-hybridized carbons (Fsp3) is 0.947. The number of hydrogen-bond donors (Lipinski definition) is 0. The Morgan fingerprint density at radius 2 is 1.61 bits per heavy atom. The highest BCUT2D eigenvalue weighted by molar-refractivity contribution is 5.76. The van der Waals surface area contributed by atoms with E-state index < -0.39 is 11.7 Å². The molecule has 254 valence electrons. The van der Waals surface area contributed by atoms with E-state index in [1.54, 1.807) is 6.92 Å². The van der Waals surface area contributed by atoms with Gasteiger partial charge in [0.15, 0.2) is 6.29 Å². The van der Waals surface area contributed by atoms with Crippen LogP contribution in [0.1, 0.15) is 145 Å². The first-order valence-electron chi connectivity index (χ1n) is 18.5. The largest absolute Gasteiger partial charge is 0.462 e. The predicted molar refractivity (Wildman–Crippen MR) is 175 cm³/mol. The quantitative estimate of drug-likeness (QED) is 0.104. The van der Waals surface area contributed by atoms with Gasteiger partial charge in [0.2, 0.25) is 0 Å². The standard InChI is InChI=1S/C38H66O6/c1-9-11-22-41-23-24-42-27(4)43-34(39)17-12-26(3)31-15-16-32-30-14-13-28-25-29(44-35(40)36(5,6)10-2)18-20-37(28,7)33(30)19-21-38(31,32)8/h26-33H,9-25H2,1-8H3. The predicted octanol–water partition coefficient (Wildman–Crippen LogP) is 9.13. The number of unbranched alkanes of at least 4 members (excludes halogenated alkanes) is 1. The van der Waals surface area contributed by atoms with Crippen LogP contribution in [0.25, 0.3) is 0 Å². The zero-order valence-electron chi connectivity index (χ0n) is 29.6. The number of carbonyl (C=O) groups excluding carboxylic acids is 2. The summed E-state index contributed by atoms with van der Waals surface area (Å²) in [5.41, 5.74) is 0.361. The Morgan fingerprint density at radius 1 is 0.886 bits per heavy atom. The molecule has 44 heavy (non-hydrogen) atoms. The van der Waals surface area contributed by atoms with Crippen LogP contribution in [0.3, 0.4) is 0 Å². The van der Waals surface area contributed by atoms with Crippen molar-refractivity contribution in [3.63, 3.8) is 0 Å². The van der Waals surface area contributed by atoms with Gasteiger partial charge >= 0.3 is 11.9 Å². The molecule has 6 nitrogen and oxygen atoms in total. The van der Waals surface area contributed by atoms with Gasteiger partial charge in [0.05, 0.1) is 18.6 Å². The van der Waals surface area contributed by atoms with Crippen molar-refractivity contribution in [3.8, 4) is 0 Å². The normalized spacial score (nSPS) is 36.5. The number of ether oxygens (including phenoxy) is 4. The molecular formula is C38H66O6. The molecule has 0 N–H and O–H groups in total. The van der Waals surface area contributed by atoms with E-state index in [0.717, 1.165) is 62.9 Å². The van der Waals surface area contributed by atoms with Crippen LogP contribution in [0.5, 0.6) is 0 Å². The van der Waals surface area contributed by atoms with E-state index in [4.69, 9.17) is 18.9 Å². The molecule has 0 radical (unpaired) electrons. The van der Waals surface area contributed by atoms with E-state index in [2.05, 4.69) is 34.6 Å². The van der Waals surface area contributed by atoms with Gasteiger partial charge in [0.1, 0.15) is 6.10 Å². The van der Waals surface area contributed by atoms with Gasteiger partial charge in [0, 0.05) is 13.0 Å². The van der Waals surface area contributed by atoms with Crippen molar-refractivity contribution in [2.45, 2.75) is 158 Å². The first kappa shape index (κ1) is 35.7. The van der Waals surface area contributed by atoms with E-state index in [-0.39, 0.29) is 18.0 Å². The minimum atomic E-state index is -0.530. The fourth-order valence-electron chi connectivity index (χ4n) is 10.2. The third-order valence-electron chi connectivity index (χ3n) is 13.4. The van der Waals surface area contributed by atoms with Crippen LogP contribution < -0.4 is 0 Å². The molecule has 0 aromatic carbocycles. The molecule has 4 aliphatic carbocycles. The van der Waals surface area contributed by atoms with Crippen molar-refractivity contribution in [1.82, 2.24) is 0 Å². The Labute approximate surface area is 269 Å². The van der Waals surface area contributed by atoms with Crippen LogP contribution in [0.15, 0.2) is 0 Å². The molecule has 0 aromatic rings. The number of hydrogen-bond acceptors (Lipinski definition) is 6. The molecule has 0 spiro atoms. The molecule has 10 atom stereocenters. The molecule has 4 saturated carbocycles. The summed E-state index contributed by atoms with van der Waals surface area (Å²) >= 11 is 0. The molecule has 4 rings (SSSR count). The fourth-order valence-corrected chi connectivity index (χ4v) is 10.2. The van der Waals surface area contributed by atoms with Crippen molar-refractivity contribution in [2.24, 2.45) is 51.8 Å². The average molecular weight is 619 g/mol. The molecule has 6 heteroatoms. The second-order valence-corrected chi connectivity index (χ2v) is 16.3. The van der Waals surface area contributed by atoms with Crippen molar-refractivity contribution in [3.05, 3.63) is 0 Å². The Kier molecular flexibility index (Phi) is 12.3. The molecule has 4 aliphatic rings. The molecular weight excluding hydrogens is 552 g/mol. The van der Waals surface area contributed by atoms with Gasteiger partial charge in [-0.05, 0) is 144 Å². The summed E-state index contributed by atoms with van der Waals surface area (Å²) in [6.45, 7) is 19.4. The lowest BCUT2D eigenvalue weighted by Gasteiger charge is -2.61. The summed E-state index contributed by atoms with van der Waals surface area (Å²) in [5, 5.41) is 0. The maximum Gasteiger partial charge on any atom is 0.311 e. The van der Waals surface area contributed by atoms with Gasteiger partial charge in [0.25, 0.3) is 0 Å². The third-order valence-corrected chi connectivity index (χ3v) is 13.4. The van der Waals surface area contributed by atoms with Crippen LogP contribution in [0, 0.1) is 51.8 Å². The first-order valence-corrected chi connectivity index (χ1v) is 18.5. The van der Waals surface area contributed by atoms with Crippen LogP contribution >= 0.6 is 0 Å². The van der Waals surface area contributed by atoms with Gasteiger partial charge < -0.3 is 18.9 Å². The minimum absolute atomic E-state index is 0.0128. The number of rotatable bonds is 15. The van der Waals surface area contributed by atoms with Crippen molar-refractivity contribution >= 4 is 11.9 Å². The highest BCUT2D eigenvalue weighted by Gasteiger charge is 2.60. The van der Waals surface area contributed by atoms with Gasteiger partial charge in [-0.15, -0.1) is 0 Å². The molecule has 0 heterocycles. The zero-order chi connectivity index (χ0) is 32.1. The highest BCUT2D eigenvalue weighted by Crippen LogP contribution is 2.68. The lowest BCUT2D eigenvalue weighted by Crippen LogP contribution is -2.54. The van der Waals surface area contributed by atoms with Crippen LogP contribution in [-0.2, 0) is 28.5 Å². The summed E-state index contributed by atoms with van der Waals surface area (Å²) in [5.74, 6) is 4.12. The molecule has 10 unspecified atom stereocenters. The van der Waals surface area contributed by atoms with E-state index in [9.17, 15) is 9.59 Å². The summed E-state index contributed by atoms with van der Waals surface area (Å²) in [7, 11) is 0. The third kappa shape index (κ3) is 7.86. The maximum atomic E-state index is 12.8. The minimum Gasteiger partial charge on any atom is -0.462 e.